The van der Waals surface area contributed by atoms with Gasteiger partial charge < -0.3 is 15.3 Å². The minimum absolute atomic E-state index is 0.233. The lowest BCUT2D eigenvalue weighted by molar-refractivity contribution is 0.290. The molecule has 0 saturated heterocycles. The van der Waals surface area contributed by atoms with Gasteiger partial charge in [0.05, 0.1) is 0 Å². The standard InChI is InChI=1S/C14H23BrN2O/c1-4-16-11(2)13-7-6-12(15)10-14(13)17(3)8-5-9-18/h6-7,10-11,16,18H,4-5,8-9H2,1-3H3. The van der Waals surface area contributed by atoms with Gasteiger partial charge in [-0.1, -0.05) is 28.9 Å². The molecule has 18 heavy (non-hydrogen) atoms. The van der Waals surface area contributed by atoms with E-state index in [0.717, 1.165) is 24.0 Å². The molecular formula is C14H23BrN2O. The van der Waals surface area contributed by atoms with Crippen LogP contribution >= 0.6 is 15.9 Å². The molecule has 0 aliphatic rings. The Bertz CT molecular complexity index is 371. The molecule has 1 aromatic rings. The van der Waals surface area contributed by atoms with Crippen molar-refractivity contribution in [1.29, 1.82) is 0 Å². The van der Waals surface area contributed by atoms with Gasteiger partial charge >= 0.3 is 0 Å². The van der Waals surface area contributed by atoms with Gasteiger partial charge in [-0.3, -0.25) is 0 Å². The lowest BCUT2D eigenvalue weighted by Gasteiger charge is -2.25. The summed E-state index contributed by atoms with van der Waals surface area (Å²) >= 11 is 3.52. The van der Waals surface area contributed by atoms with Crippen LogP contribution in [0.2, 0.25) is 0 Å². The van der Waals surface area contributed by atoms with Gasteiger partial charge in [-0.25, -0.2) is 0 Å². The summed E-state index contributed by atoms with van der Waals surface area (Å²) in [4.78, 5) is 2.20. The molecule has 0 saturated carbocycles. The molecule has 4 heteroatoms. The lowest BCUT2D eigenvalue weighted by atomic mass is 10.1. The van der Waals surface area contributed by atoms with E-state index in [9.17, 15) is 0 Å². The van der Waals surface area contributed by atoms with E-state index in [-0.39, 0.29) is 6.61 Å². The maximum atomic E-state index is 8.93. The third-order valence-electron chi connectivity index (χ3n) is 3.03. The number of benzene rings is 1. The van der Waals surface area contributed by atoms with Crippen molar-refractivity contribution in [2.75, 3.05) is 31.6 Å². The van der Waals surface area contributed by atoms with E-state index in [1.54, 1.807) is 0 Å². The Morgan fingerprint density at radius 2 is 2.17 bits per heavy atom. The zero-order valence-corrected chi connectivity index (χ0v) is 13.0. The maximum absolute atomic E-state index is 8.93. The minimum Gasteiger partial charge on any atom is -0.396 e. The Labute approximate surface area is 118 Å². The van der Waals surface area contributed by atoms with Crippen LogP contribution in [0, 0.1) is 0 Å². The summed E-state index contributed by atoms with van der Waals surface area (Å²) < 4.78 is 1.08. The molecule has 0 bridgehead atoms. The number of nitrogens with one attached hydrogen (secondary N) is 1. The van der Waals surface area contributed by atoms with E-state index in [2.05, 4.69) is 65.2 Å². The van der Waals surface area contributed by atoms with Crippen molar-refractivity contribution in [3.05, 3.63) is 28.2 Å². The zero-order valence-electron chi connectivity index (χ0n) is 11.4. The molecule has 1 aromatic carbocycles. The summed E-state index contributed by atoms with van der Waals surface area (Å²) in [6.07, 6.45) is 0.790. The van der Waals surface area contributed by atoms with E-state index in [1.807, 2.05) is 0 Å². The number of aliphatic hydroxyl groups is 1. The van der Waals surface area contributed by atoms with Gasteiger partial charge in [0.15, 0.2) is 0 Å². The molecule has 1 unspecified atom stereocenters. The summed E-state index contributed by atoms with van der Waals surface area (Å²) in [5.41, 5.74) is 2.51. The zero-order chi connectivity index (χ0) is 13.5. The Hall–Kier alpha value is -0.580. The summed E-state index contributed by atoms with van der Waals surface area (Å²) in [6, 6.07) is 6.70. The smallest absolute Gasteiger partial charge is 0.0447 e. The number of hydrogen-bond acceptors (Lipinski definition) is 3. The average molecular weight is 315 g/mol. The molecule has 0 aliphatic carbocycles. The SMILES string of the molecule is CCNC(C)c1ccc(Br)cc1N(C)CCCO. The van der Waals surface area contributed by atoms with Gasteiger partial charge in [-0.05, 0) is 37.6 Å². The van der Waals surface area contributed by atoms with Crippen LogP contribution in [-0.4, -0.2) is 31.9 Å². The Balaban J connectivity index is 2.95. The van der Waals surface area contributed by atoms with Crippen LogP contribution in [0.4, 0.5) is 5.69 Å². The third-order valence-corrected chi connectivity index (χ3v) is 3.53. The first-order valence-corrected chi connectivity index (χ1v) is 7.24. The molecule has 0 aliphatic heterocycles. The third kappa shape index (κ3) is 4.26. The highest BCUT2D eigenvalue weighted by Crippen LogP contribution is 2.29. The first-order valence-electron chi connectivity index (χ1n) is 6.45. The summed E-state index contributed by atoms with van der Waals surface area (Å²) in [6.45, 7) is 6.34. The lowest BCUT2D eigenvalue weighted by Crippen LogP contribution is -2.24. The minimum atomic E-state index is 0.233. The van der Waals surface area contributed by atoms with Gasteiger partial charge in [-0.2, -0.15) is 0 Å². The molecule has 2 N–H and O–H groups in total. The van der Waals surface area contributed by atoms with Crippen molar-refractivity contribution in [2.24, 2.45) is 0 Å². The molecule has 0 heterocycles. The Morgan fingerprint density at radius 3 is 2.78 bits per heavy atom. The molecule has 0 spiro atoms. The van der Waals surface area contributed by atoms with Crippen molar-refractivity contribution in [3.8, 4) is 0 Å². The van der Waals surface area contributed by atoms with Crippen LogP contribution in [0.1, 0.15) is 31.9 Å². The summed E-state index contributed by atoms with van der Waals surface area (Å²) in [5.74, 6) is 0. The van der Waals surface area contributed by atoms with Gasteiger partial charge in [-0.15, -0.1) is 0 Å². The highest BCUT2D eigenvalue weighted by atomic mass is 79.9. The van der Waals surface area contributed by atoms with E-state index < -0.39 is 0 Å². The predicted octanol–water partition coefficient (Wildman–Crippen LogP) is 2.94. The van der Waals surface area contributed by atoms with Crippen molar-refractivity contribution in [3.63, 3.8) is 0 Å². The number of halogens is 1. The van der Waals surface area contributed by atoms with Gasteiger partial charge in [0.1, 0.15) is 0 Å². The van der Waals surface area contributed by atoms with E-state index in [0.29, 0.717) is 6.04 Å². The molecular weight excluding hydrogens is 292 g/mol. The summed E-state index contributed by atoms with van der Waals surface area (Å²) in [5, 5.41) is 12.4. The van der Waals surface area contributed by atoms with Gasteiger partial charge in [0.2, 0.25) is 0 Å². The largest absolute Gasteiger partial charge is 0.396 e. The van der Waals surface area contributed by atoms with Crippen molar-refractivity contribution >= 4 is 21.6 Å². The van der Waals surface area contributed by atoms with E-state index in [1.165, 1.54) is 11.3 Å². The monoisotopic (exact) mass is 314 g/mol. The predicted molar refractivity (Wildman–Crippen MR) is 81.2 cm³/mol. The second-order valence-electron chi connectivity index (χ2n) is 4.48. The van der Waals surface area contributed by atoms with Crippen LogP contribution in [0.3, 0.4) is 0 Å². The van der Waals surface area contributed by atoms with Crippen LogP contribution in [0.5, 0.6) is 0 Å². The first kappa shape index (κ1) is 15.5. The van der Waals surface area contributed by atoms with Gasteiger partial charge in [0.25, 0.3) is 0 Å². The normalized spacial score (nSPS) is 12.5. The highest BCUT2D eigenvalue weighted by Gasteiger charge is 2.13. The molecule has 0 amide bonds. The number of rotatable bonds is 7. The Kier molecular flexibility index (Phi) is 6.68. The molecule has 0 aromatic heterocycles. The fraction of sp³-hybridized carbons (Fsp3) is 0.571. The molecule has 102 valence electrons. The van der Waals surface area contributed by atoms with Gasteiger partial charge in [0, 0.05) is 36.4 Å². The maximum Gasteiger partial charge on any atom is 0.0447 e. The van der Waals surface area contributed by atoms with Crippen molar-refractivity contribution < 1.29 is 5.11 Å². The fourth-order valence-corrected chi connectivity index (χ4v) is 2.41. The quantitative estimate of drug-likeness (QED) is 0.812. The number of hydrogen-bond donors (Lipinski definition) is 2. The fourth-order valence-electron chi connectivity index (χ4n) is 2.06. The highest BCUT2D eigenvalue weighted by molar-refractivity contribution is 9.10. The van der Waals surface area contributed by atoms with Crippen LogP contribution in [0.15, 0.2) is 22.7 Å². The average Bonchev–Trinajstić information content (AvgIpc) is 2.36. The molecule has 1 rings (SSSR count). The second kappa shape index (κ2) is 7.77. The molecule has 3 nitrogen and oxygen atoms in total. The van der Waals surface area contributed by atoms with Crippen LogP contribution < -0.4 is 10.2 Å². The van der Waals surface area contributed by atoms with E-state index >= 15 is 0 Å². The van der Waals surface area contributed by atoms with E-state index in [4.69, 9.17) is 5.11 Å². The molecule has 0 fully saturated rings. The van der Waals surface area contributed by atoms with Crippen molar-refractivity contribution in [1.82, 2.24) is 5.32 Å². The molecule has 0 radical (unpaired) electrons. The Morgan fingerprint density at radius 1 is 1.44 bits per heavy atom. The molecule has 1 atom stereocenters. The first-order chi connectivity index (χ1) is 8.60. The van der Waals surface area contributed by atoms with Crippen LogP contribution in [-0.2, 0) is 0 Å². The van der Waals surface area contributed by atoms with Crippen LogP contribution in [0.25, 0.3) is 0 Å². The second-order valence-corrected chi connectivity index (χ2v) is 5.40. The number of nitrogens with zero attached hydrogens (tertiary/aromatic N) is 1. The van der Waals surface area contributed by atoms with Crippen molar-refractivity contribution in [2.45, 2.75) is 26.3 Å². The summed E-state index contributed by atoms with van der Waals surface area (Å²) in [7, 11) is 2.07. The number of anilines is 1. The topological polar surface area (TPSA) is 35.5 Å². The number of aliphatic hydroxyl groups excluding tert-OH is 1.